The molecule has 0 spiro atoms. The number of fused-ring (bicyclic) bond motifs is 1. The van der Waals surface area contributed by atoms with E-state index in [0.717, 1.165) is 0 Å². The smallest absolute Gasteiger partial charge is 0.327 e. The first-order valence-electron chi connectivity index (χ1n) is 8.99. The Kier molecular flexibility index (Phi) is 5.03. The van der Waals surface area contributed by atoms with Crippen molar-refractivity contribution in [2.45, 2.75) is 43.0 Å². The Morgan fingerprint density at radius 3 is 2.53 bits per heavy atom. The van der Waals surface area contributed by atoms with Gasteiger partial charge in [0.05, 0.1) is 10.0 Å². The molecule has 3 heterocycles. The molecule has 30 heavy (non-hydrogen) atoms. The molecule has 0 saturated carbocycles. The van der Waals surface area contributed by atoms with Crippen molar-refractivity contribution in [1.82, 2.24) is 15.4 Å². The fraction of sp³-hybridized carbons (Fsp3) is 0.368. The quantitative estimate of drug-likeness (QED) is 0.660. The number of aromatic nitrogens is 1. The highest BCUT2D eigenvalue weighted by molar-refractivity contribution is 8.01. The van der Waals surface area contributed by atoms with E-state index in [1.807, 2.05) is 0 Å². The number of hydrogen-bond acceptors (Lipinski definition) is 6. The lowest BCUT2D eigenvalue weighted by molar-refractivity contribution is -0.159. The maximum absolute atomic E-state index is 13.1. The van der Waals surface area contributed by atoms with Gasteiger partial charge in [-0.2, -0.15) is 0 Å². The van der Waals surface area contributed by atoms with E-state index >= 15 is 0 Å². The van der Waals surface area contributed by atoms with Gasteiger partial charge in [0.2, 0.25) is 5.91 Å². The molecule has 8 nitrogen and oxygen atoms in total. The highest BCUT2D eigenvalue weighted by Gasteiger charge is 2.64. The molecule has 2 aliphatic heterocycles. The van der Waals surface area contributed by atoms with Gasteiger partial charge in [0, 0.05) is 10.3 Å². The Labute approximate surface area is 185 Å². The molecule has 0 unspecified atom stereocenters. The Morgan fingerprint density at radius 2 is 1.93 bits per heavy atom. The Bertz CT molecular complexity index is 1070. The minimum Gasteiger partial charge on any atom is -0.480 e. The van der Waals surface area contributed by atoms with Crippen molar-refractivity contribution in [2.75, 3.05) is 0 Å². The van der Waals surface area contributed by atoms with E-state index in [1.165, 1.54) is 16.7 Å². The zero-order chi connectivity index (χ0) is 22.0. The molecule has 4 rings (SSSR count). The maximum Gasteiger partial charge on any atom is 0.327 e. The number of aryl methyl sites for hydroxylation is 1. The van der Waals surface area contributed by atoms with Gasteiger partial charge < -0.3 is 19.8 Å². The predicted octanol–water partition coefficient (Wildman–Crippen LogP) is 3.20. The lowest BCUT2D eigenvalue weighted by Gasteiger charge is -2.43. The van der Waals surface area contributed by atoms with Gasteiger partial charge in [0.25, 0.3) is 5.91 Å². The monoisotopic (exact) mass is 469 g/mol. The van der Waals surface area contributed by atoms with Crippen molar-refractivity contribution in [3.63, 3.8) is 0 Å². The number of halogens is 2. The minimum atomic E-state index is -1.07. The van der Waals surface area contributed by atoms with Gasteiger partial charge in [-0.25, -0.2) is 4.79 Å². The van der Waals surface area contributed by atoms with Gasteiger partial charge in [-0.05, 0) is 32.9 Å². The summed E-state index contributed by atoms with van der Waals surface area (Å²) in [6.45, 7) is 5.10. The Morgan fingerprint density at radius 1 is 1.30 bits per heavy atom. The average Bonchev–Trinajstić information content (AvgIpc) is 3.14. The van der Waals surface area contributed by atoms with Crippen LogP contribution in [-0.2, 0) is 9.59 Å². The number of nitrogens with zero attached hydrogens (tertiary/aromatic N) is 2. The molecule has 2 N–H and O–H groups in total. The van der Waals surface area contributed by atoms with Crippen molar-refractivity contribution < 1.29 is 24.0 Å². The Balaban J connectivity index is 1.62. The van der Waals surface area contributed by atoms with Gasteiger partial charge in [-0.15, -0.1) is 11.8 Å². The third kappa shape index (κ3) is 3.07. The van der Waals surface area contributed by atoms with E-state index in [2.05, 4.69) is 10.5 Å². The van der Waals surface area contributed by atoms with Crippen LogP contribution in [0.2, 0.25) is 10.0 Å². The van der Waals surface area contributed by atoms with Crippen LogP contribution in [-0.4, -0.2) is 55.2 Å². The second-order valence-electron chi connectivity index (χ2n) is 7.61. The van der Waals surface area contributed by atoms with Crippen LogP contribution < -0.4 is 5.32 Å². The van der Waals surface area contributed by atoms with Crippen LogP contribution in [0.15, 0.2) is 22.7 Å². The second-order valence-corrected chi connectivity index (χ2v) is 10.2. The lowest BCUT2D eigenvalue weighted by Crippen LogP contribution is -2.70. The van der Waals surface area contributed by atoms with Gasteiger partial charge in [-0.1, -0.05) is 34.4 Å². The number of thioether (sulfide) groups is 1. The van der Waals surface area contributed by atoms with Crippen LogP contribution in [0.5, 0.6) is 0 Å². The number of hydrogen-bond donors (Lipinski definition) is 2. The largest absolute Gasteiger partial charge is 0.480 e. The highest BCUT2D eigenvalue weighted by Crippen LogP contribution is 2.51. The number of carboxylic acids is 1. The first kappa shape index (κ1) is 21.0. The number of nitrogens with one attached hydrogen (secondary N) is 1. The van der Waals surface area contributed by atoms with E-state index in [4.69, 9.17) is 27.7 Å². The summed E-state index contributed by atoms with van der Waals surface area (Å²) in [5.74, 6) is -1.84. The third-order valence-electron chi connectivity index (χ3n) is 5.25. The van der Waals surface area contributed by atoms with Crippen LogP contribution in [0.25, 0.3) is 11.3 Å². The fourth-order valence-electron chi connectivity index (χ4n) is 3.89. The minimum absolute atomic E-state index is 0.119. The Hall–Kier alpha value is -2.23. The molecule has 0 bridgehead atoms. The third-order valence-corrected chi connectivity index (χ3v) is 7.45. The normalized spacial score (nSPS) is 24.4. The summed E-state index contributed by atoms with van der Waals surface area (Å²) in [6, 6.07) is 3.09. The maximum atomic E-state index is 13.1. The van der Waals surface area contributed by atoms with Crippen LogP contribution in [0, 0.1) is 6.92 Å². The van der Waals surface area contributed by atoms with Crippen molar-refractivity contribution in [3.8, 4) is 11.3 Å². The van der Waals surface area contributed by atoms with Gasteiger partial charge >= 0.3 is 5.97 Å². The first-order valence-corrected chi connectivity index (χ1v) is 10.6. The molecule has 0 aliphatic carbocycles. The van der Waals surface area contributed by atoms with Gasteiger partial charge in [0.15, 0.2) is 0 Å². The molecule has 2 amide bonds. The SMILES string of the molecule is Cc1onc(-c2c(Cl)cccc2Cl)c1C(=O)N[C@H]1C(=O)N2[C@@H]1SC(C)(C)[C@H]2C(=O)O. The van der Waals surface area contributed by atoms with E-state index in [1.54, 1.807) is 39.0 Å². The summed E-state index contributed by atoms with van der Waals surface area (Å²) >= 11 is 13.8. The number of carbonyl (C=O) groups excluding carboxylic acids is 2. The number of benzene rings is 1. The van der Waals surface area contributed by atoms with E-state index < -0.39 is 40.0 Å². The molecule has 1 aromatic heterocycles. The molecule has 1 aromatic carbocycles. The predicted molar refractivity (Wildman–Crippen MR) is 112 cm³/mol. The molecule has 2 fully saturated rings. The summed E-state index contributed by atoms with van der Waals surface area (Å²) in [6.07, 6.45) is 0. The van der Waals surface area contributed by atoms with E-state index in [-0.39, 0.29) is 17.0 Å². The number of rotatable bonds is 4. The zero-order valence-corrected chi connectivity index (χ0v) is 18.4. The van der Waals surface area contributed by atoms with Crippen molar-refractivity contribution in [2.24, 2.45) is 0 Å². The van der Waals surface area contributed by atoms with Crippen LogP contribution in [0.3, 0.4) is 0 Å². The molecular weight excluding hydrogens is 453 g/mol. The first-order chi connectivity index (χ1) is 14.0. The molecule has 2 aromatic rings. The highest BCUT2D eigenvalue weighted by atomic mass is 35.5. The molecule has 2 saturated heterocycles. The van der Waals surface area contributed by atoms with Gasteiger partial charge in [0.1, 0.15) is 34.5 Å². The number of aliphatic carboxylic acids is 1. The number of carbonyl (C=O) groups is 3. The summed E-state index contributed by atoms with van der Waals surface area (Å²) in [4.78, 5) is 38.7. The number of amides is 2. The van der Waals surface area contributed by atoms with Crippen LogP contribution in [0.1, 0.15) is 30.0 Å². The van der Waals surface area contributed by atoms with Crippen molar-refractivity contribution in [1.29, 1.82) is 0 Å². The zero-order valence-electron chi connectivity index (χ0n) is 16.1. The molecule has 3 atom stereocenters. The van der Waals surface area contributed by atoms with Crippen molar-refractivity contribution >= 4 is 52.7 Å². The second kappa shape index (κ2) is 7.18. The molecule has 0 radical (unpaired) electrons. The van der Waals surface area contributed by atoms with Gasteiger partial charge in [-0.3, -0.25) is 9.59 Å². The topological polar surface area (TPSA) is 113 Å². The van der Waals surface area contributed by atoms with Crippen molar-refractivity contribution in [3.05, 3.63) is 39.6 Å². The molecular formula is C19H17Cl2N3O5S. The standard InChI is InChI=1S/C19H17Cl2N3O5S/c1-7-10(12(23-29-7)11-8(20)5-4-6-9(11)21)15(25)22-13-16(26)24-14(18(27)28)19(2,3)30-17(13)24/h4-6,13-14,17H,1-3H3,(H,22,25)(H,27,28)/t13-,14+,17+/m0/s1. The molecule has 2 aliphatic rings. The average molecular weight is 470 g/mol. The van der Waals surface area contributed by atoms with E-state index in [9.17, 15) is 19.5 Å². The molecule has 158 valence electrons. The van der Waals surface area contributed by atoms with Crippen LogP contribution in [0.4, 0.5) is 0 Å². The summed E-state index contributed by atoms with van der Waals surface area (Å²) in [5.41, 5.74) is 0.645. The molecule has 11 heteroatoms. The summed E-state index contributed by atoms with van der Waals surface area (Å²) in [7, 11) is 0. The lowest BCUT2D eigenvalue weighted by atomic mass is 9.95. The number of β-lactam (4-membered cyclic amide) rings is 1. The number of carboxylic acid groups (broad SMARTS) is 1. The van der Waals surface area contributed by atoms with E-state index in [0.29, 0.717) is 15.6 Å². The fourth-order valence-corrected chi connectivity index (χ4v) is 6.09. The summed E-state index contributed by atoms with van der Waals surface area (Å²) < 4.78 is 4.52. The summed E-state index contributed by atoms with van der Waals surface area (Å²) in [5, 5.41) is 16.3. The van der Waals surface area contributed by atoms with Crippen LogP contribution >= 0.6 is 35.0 Å².